The number of hydrogen-bond donors (Lipinski definition) is 1. The number of fused-ring (bicyclic) bond motifs is 1. The zero-order valence-corrected chi connectivity index (χ0v) is 25.2. The van der Waals surface area contributed by atoms with Gasteiger partial charge in [0.15, 0.2) is 0 Å². The molecule has 1 saturated carbocycles. The molecule has 2 aromatic heterocycles. The number of nitrogens with zero attached hydrogens (tertiary/aromatic N) is 2. The highest BCUT2D eigenvalue weighted by Crippen LogP contribution is 2.40. The average Bonchev–Trinajstić information content (AvgIpc) is 3.32. The number of aromatic nitrogens is 1. The van der Waals surface area contributed by atoms with Gasteiger partial charge in [-0.2, -0.15) is 0 Å². The summed E-state index contributed by atoms with van der Waals surface area (Å²) in [7, 11) is 3.55. The van der Waals surface area contributed by atoms with Crippen molar-refractivity contribution < 1.29 is 18.3 Å². The van der Waals surface area contributed by atoms with Crippen LogP contribution in [0.5, 0.6) is 5.75 Å². The summed E-state index contributed by atoms with van der Waals surface area (Å²) < 4.78 is 35.8. The van der Waals surface area contributed by atoms with Crippen molar-refractivity contribution in [3.8, 4) is 16.9 Å². The van der Waals surface area contributed by atoms with Crippen LogP contribution < -0.4 is 10.1 Å². The minimum atomic E-state index is -0.645. The summed E-state index contributed by atoms with van der Waals surface area (Å²) in [6.45, 7) is 0.262. The Morgan fingerprint density at radius 3 is 2.49 bits per heavy atom. The Hall–Kier alpha value is -2.34. The number of carbonyl (C=O) groups is 1. The van der Waals surface area contributed by atoms with Crippen molar-refractivity contribution >= 4 is 61.5 Å². The first-order valence-electron chi connectivity index (χ1n) is 12.6. The van der Waals surface area contributed by atoms with Crippen molar-refractivity contribution in [1.82, 2.24) is 15.2 Å². The third-order valence-corrected chi connectivity index (χ3v) is 9.68. The Morgan fingerprint density at radius 1 is 1.13 bits per heavy atom. The van der Waals surface area contributed by atoms with Crippen LogP contribution in [0.3, 0.4) is 0 Å². The Kier molecular flexibility index (Phi) is 8.70. The first-order valence-corrected chi connectivity index (χ1v) is 14.9. The topological polar surface area (TPSA) is 54.5 Å². The molecule has 0 spiro atoms. The molecule has 5 rings (SSSR count). The van der Waals surface area contributed by atoms with E-state index in [2.05, 4.69) is 32.9 Å². The van der Waals surface area contributed by atoms with Crippen LogP contribution in [0.2, 0.25) is 5.02 Å². The number of methoxy groups -OCH3 is 1. The number of carbonyl (C=O) groups excluding carboxylic acids is 1. The van der Waals surface area contributed by atoms with E-state index in [1.54, 1.807) is 12.0 Å². The maximum Gasteiger partial charge on any atom is 0.266 e. The third-order valence-electron chi connectivity index (χ3n) is 7.36. The van der Waals surface area contributed by atoms with Gasteiger partial charge in [-0.1, -0.05) is 23.7 Å². The summed E-state index contributed by atoms with van der Waals surface area (Å²) in [5.74, 6) is -0.929. The molecule has 2 heterocycles. The van der Waals surface area contributed by atoms with Gasteiger partial charge in [0.25, 0.3) is 5.91 Å². The summed E-state index contributed by atoms with van der Waals surface area (Å²) >= 11 is 9.62. The van der Waals surface area contributed by atoms with Crippen molar-refractivity contribution in [2.75, 3.05) is 14.2 Å². The molecule has 204 valence electrons. The first-order chi connectivity index (χ1) is 18.8. The highest BCUT2D eigenvalue weighted by atomic mass is 127. The van der Waals surface area contributed by atoms with Gasteiger partial charge >= 0.3 is 0 Å². The molecule has 0 aliphatic heterocycles. The predicted octanol–water partition coefficient (Wildman–Crippen LogP) is 7.68. The minimum Gasteiger partial charge on any atom is -0.496 e. The number of nitrogens with one attached hydrogen (secondary N) is 1. The molecule has 1 amide bonds. The number of hydrogen-bond acceptors (Lipinski definition) is 5. The summed E-state index contributed by atoms with van der Waals surface area (Å²) in [6, 6.07) is 12.2. The molecule has 10 heteroatoms. The Labute approximate surface area is 248 Å². The summed E-state index contributed by atoms with van der Waals surface area (Å²) in [6.07, 6.45) is 5.24. The number of ether oxygens (including phenoxy) is 1. The van der Waals surface area contributed by atoms with Crippen LogP contribution in [0, 0.1) is 15.3 Å². The number of pyridine rings is 1. The van der Waals surface area contributed by atoms with E-state index in [-0.39, 0.29) is 38.5 Å². The summed E-state index contributed by atoms with van der Waals surface area (Å²) in [4.78, 5) is 20.5. The average molecular weight is 682 g/mol. The maximum atomic E-state index is 14.6. The molecule has 5 nitrogen and oxygen atoms in total. The van der Waals surface area contributed by atoms with Gasteiger partial charge < -0.3 is 15.0 Å². The molecular formula is C29H27ClF2IN3O2S. The van der Waals surface area contributed by atoms with Crippen molar-refractivity contribution in [3.05, 3.63) is 79.5 Å². The van der Waals surface area contributed by atoms with Gasteiger partial charge in [0.2, 0.25) is 0 Å². The molecule has 0 atom stereocenters. The molecule has 1 aliphatic carbocycles. The van der Waals surface area contributed by atoms with Gasteiger partial charge in [-0.15, -0.1) is 11.3 Å². The van der Waals surface area contributed by atoms with E-state index in [1.165, 1.54) is 0 Å². The lowest BCUT2D eigenvalue weighted by atomic mass is 9.89. The predicted molar refractivity (Wildman–Crippen MR) is 161 cm³/mol. The van der Waals surface area contributed by atoms with Crippen molar-refractivity contribution in [2.24, 2.45) is 0 Å². The summed E-state index contributed by atoms with van der Waals surface area (Å²) in [5, 5.41) is 3.24. The monoisotopic (exact) mass is 681 g/mol. The second-order valence-corrected chi connectivity index (χ2v) is 12.1. The second kappa shape index (κ2) is 12.0. The lowest BCUT2D eigenvalue weighted by Gasteiger charge is -2.37. The quantitative estimate of drug-likeness (QED) is 0.161. The van der Waals surface area contributed by atoms with Crippen LogP contribution in [0.1, 0.15) is 40.9 Å². The van der Waals surface area contributed by atoms with E-state index < -0.39 is 11.6 Å². The lowest BCUT2D eigenvalue weighted by molar-refractivity contribution is 0.0604. The molecule has 0 saturated heterocycles. The van der Waals surface area contributed by atoms with Gasteiger partial charge in [-0.05, 0) is 91.2 Å². The second-order valence-electron chi connectivity index (χ2n) is 9.60. The fourth-order valence-corrected chi connectivity index (χ4v) is 7.04. The third kappa shape index (κ3) is 5.77. The molecule has 4 aromatic rings. The number of amides is 1. The molecule has 39 heavy (non-hydrogen) atoms. The van der Waals surface area contributed by atoms with Gasteiger partial charge in [-0.25, -0.2) is 13.8 Å². The molecule has 1 N–H and O–H groups in total. The molecule has 1 aliphatic rings. The van der Waals surface area contributed by atoms with E-state index in [1.807, 2.05) is 43.6 Å². The summed E-state index contributed by atoms with van der Waals surface area (Å²) in [5.41, 5.74) is 2.72. The van der Waals surface area contributed by atoms with Crippen molar-refractivity contribution in [2.45, 2.75) is 44.3 Å². The van der Waals surface area contributed by atoms with Crippen molar-refractivity contribution in [3.63, 3.8) is 0 Å². The molecule has 0 radical (unpaired) electrons. The Bertz CT molecular complexity index is 1510. The van der Waals surface area contributed by atoms with E-state index >= 15 is 0 Å². The standard InChI is InChI=1S/C29H27ClF2IN3O2S/c1-34-19-5-7-20(8-6-19)36(29(37)28-26(30)25-21(31)9-10-22(32)27(25)39-28)15-18-13-16(3-11-23(18)38-2)17-4-12-24(33)35-14-17/h3-4,9-14,19-20,34H,5-8,15H2,1-2H3. The first kappa shape index (κ1) is 28.2. The van der Waals surface area contributed by atoms with Gasteiger partial charge in [-0.3, -0.25) is 4.79 Å². The normalized spacial score (nSPS) is 17.4. The van der Waals surface area contributed by atoms with E-state index in [9.17, 15) is 13.6 Å². The zero-order valence-electron chi connectivity index (χ0n) is 21.4. The zero-order chi connectivity index (χ0) is 27.7. The van der Waals surface area contributed by atoms with Crippen LogP contribution in [0.15, 0.2) is 48.7 Å². The van der Waals surface area contributed by atoms with E-state index in [0.717, 1.165) is 69.5 Å². The number of benzene rings is 2. The molecule has 1 fully saturated rings. The Balaban J connectivity index is 1.55. The van der Waals surface area contributed by atoms with Crippen LogP contribution in [-0.4, -0.2) is 42.0 Å². The molecule has 0 unspecified atom stereocenters. The largest absolute Gasteiger partial charge is 0.496 e. The number of rotatable bonds is 7. The van der Waals surface area contributed by atoms with Crippen LogP contribution in [-0.2, 0) is 6.54 Å². The highest BCUT2D eigenvalue weighted by Gasteiger charge is 2.33. The van der Waals surface area contributed by atoms with Gasteiger partial charge in [0.1, 0.15) is 26.0 Å². The highest BCUT2D eigenvalue weighted by molar-refractivity contribution is 14.1. The Morgan fingerprint density at radius 2 is 1.85 bits per heavy atom. The smallest absolute Gasteiger partial charge is 0.266 e. The number of halogens is 4. The van der Waals surface area contributed by atoms with Crippen LogP contribution >= 0.6 is 45.5 Å². The fraction of sp³-hybridized carbons (Fsp3) is 0.310. The van der Waals surface area contributed by atoms with Gasteiger partial charge in [0.05, 0.1) is 22.2 Å². The van der Waals surface area contributed by atoms with E-state index in [4.69, 9.17) is 16.3 Å². The number of thiophene rings is 1. The lowest BCUT2D eigenvalue weighted by Crippen LogP contribution is -2.44. The van der Waals surface area contributed by atoms with E-state index in [0.29, 0.717) is 11.8 Å². The molecular weight excluding hydrogens is 655 g/mol. The maximum absolute atomic E-state index is 14.6. The van der Waals surface area contributed by atoms with Crippen LogP contribution in [0.4, 0.5) is 8.78 Å². The van der Waals surface area contributed by atoms with Crippen molar-refractivity contribution in [1.29, 1.82) is 0 Å². The SMILES string of the molecule is CNC1CCC(N(Cc2cc(-c3ccc(I)nc3)ccc2OC)C(=O)c2sc3c(F)ccc(F)c3c2Cl)CC1. The molecule has 0 bridgehead atoms. The van der Waals surface area contributed by atoms with Gasteiger partial charge in [0, 0.05) is 36.0 Å². The van der Waals surface area contributed by atoms with Crippen LogP contribution in [0.25, 0.3) is 21.2 Å². The minimum absolute atomic E-state index is 0.0448. The fourth-order valence-electron chi connectivity index (χ4n) is 5.22. The molecule has 2 aromatic carbocycles.